The number of aromatic nitrogens is 2. The first-order valence-corrected chi connectivity index (χ1v) is 8.22. The highest BCUT2D eigenvalue weighted by atomic mass is 16.5. The summed E-state index contributed by atoms with van der Waals surface area (Å²) in [4.78, 5) is 11.0. The molecule has 1 unspecified atom stereocenters. The monoisotopic (exact) mass is 328 g/mol. The van der Waals surface area contributed by atoms with Gasteiger partial charge in [-0.3, -0.25) is 0 Å². The molecule has 1 aliphatic rings. The van der Waals surface area contributed by atoms with Gasteiger partial charge in [-0.1, -0.05) is 0 Å². The second-order valence-corrected chi connectivity index (χ2v) is 5.99. The summed E-state index contributed by atoms with van der Waals surface area (Å²) >= 11 is 0. The van der Waals surface area contributed by atoms with Crippen molar-refractivity contribution in [3.05, 3.63) is 36.3 Å². The molecule has 1 aliphatic heterocycles. The lowest BCUT2D eigenvalue weighted by atomic mass is 10.1. The number of ether oxygens (including phenoxy) is 2. The van der Waals surface area contributed by atoms with Gasteiger partial charge in [0.1, 0.15) is 23.1 Å². The molecule has 1 fully saturated rings. The van der Waals surface area contributed by atoms with Crippen LogP contribution in [0.5, 0.6) is 11.5 Å². The van der Waals surface area contributed by atoms with Crippen LogP contribution < -0.4 is 19.7 Å². The van der Waals surface area contributed by atoms with E-state index in [9.17, 15) is 0 Å². The molecule has 0 saturated carbocycles. The Morgan fingerprint density at radius 1 is 1.17 bits per heavy atom. The van der Waals surface area contributed by atoms with Gasteiger partial charge in [0.05, 0.1) is 14.2 Å². The fourth-order valence-electron chi connectivity index (χ4n) is 3.05. The quantitative estimate of drug-likeness (QED) is 0.911. The predicted molar refractivity (Wildman–Crippen MR) is 95.2 cm³/mol. The molecule has 1 aromatic carbocycles. The molecule has 1 atom stereocenters. The first kappa shape index (κ1) is 16.4. The second-order valence-electron chi connectivity index (χ2n) is 5.99. The summed E-state index contributed by atoms with van der Waals surface area (Å²) < 4.78 is 10.7. The molecule has 2 aromatic rings. The lowest BCUT2D eigenvalue weighted by Gasteiger charge is -2.34. The lowest BCUT2D eigenvalue weighted by Crippen LogP contribution is -2.42. The van der Waals surface area contributed by atoms with Crippen LogP contribution in [-0.2, 0) is 0 Å². The summed E-state index contributed by atoms with van der Waals surface area (Å²) in [5.41, 5.74) is 1.01. The smallest absolute Gasteiger partial charge is 0.132 e. The number of nitrogens with one attached hydrogen (secondary N) is 1. The molecular weight excluding hydrogens is 304 g/mol. The van der Waals surface area contributed by atoms with E-state index in [1.165, 1.54) is 0 Å². The first-order valence-electron chi connectivity index (χ1n) is 8.22. The van der Waals surface area contributed by atoms with Crippen molar-refractivity contribution in [3.8, 4) is 11.5 Å². The number of nitrogens with zero attached hydrogens (tertiary/aromatic N) is 3. The predicted octanol–water partition coefficient (Wildman–Crippen LogP) is 2.88. The van der Waals surface area contributed by atoms with Crippen LogP contribution in [0.1, 0.15) is 18.7 Å². The standard InChI is InChI=1S/C18H24N4O2/c1-13-19-7-6-18(20-13)22-8-4-5-14(12-22)21-15-9-16(23-2)11-17(10-15)24-3/h6-7,9-11,14,21H,4-5,8,12H2,1-3H3. The van der Waals surface area contributed by atoms with E-state index in [1.54, 1.807) is 14.2 Å². The molecule has 6 nitrogen and oxygen atoms in total. The second kappa shape index (κ2) is 7.38. The highest BCUT2D eigenvalue weighted by molar-refractivity contribution is 5.54. The van der Waals surface area contributed by atoms with Gasteiger partial charge in [-0.25, -0.2) is 9.97 Å². The van der Waals surface area contributed by atoms with Gasteiger partial charge in [0.15, 0.2) is 0 Å². The molecule has 3 rings (SSSR count). The van der Waals surface area contributed by atoms with E-state index < -0.39 is 0 Å². The topological polar surface area (TPSA) is 59.5 Å². The maximum absolute atomic E-state index is 5.34. The van der Waals surface area contributed by atoms with Crippen LogP contribution >= 0.6 is 0 Å². The third kappa shape index (κ3) is 3.88. The van der Waals surface area contributed by atoms with Gasteiger partial charge in [-0.15, -0.1) is 0 Å². The van der Waals surface area contributed by atoms with Crippen LogP contribution in [0.3, 0.4) is 0 Å². The van der Waals surface area contributed by atoms with Crippen LogP contribution in [0.25, 0.3) is 0 Å². The normalized spacial score (nSPS) is 17.5. The number of anilines is 2. The summed E-state index contributed by atoms with van der Waals surface area (Å²) in [7, 11) is 3.33. The van der Waals surface area contributed by atoms with Gasteiger partial charge in [-0.05, 0) is 25.8 Å². The molecule has 0 bridgehead atoms. The molecule has 0 radical (unpaired) electrons. The molecule has 2 heterocycles. The molecule has 6 heteroatoms. The summed E-state index contributed by atoms with van der Waals surface area (Å²) in [6, 6.07) is 8.20. The van der Waals surface area contributed by atoms with Crippen molar-refractivity contribution in [3.63, 3.8) is 0 Å². The van der Waals surface area contributed by atoms with Crippen molar-refractivity contribution >= 4 is 11.5 Å². The van der Waals surface area contributed by atoms with Crippen molar-refractivity contribution in [2.75, 3.05) is 37.5 Å². The maximum Gasteiger partial charge on any atom is 0.132 e. The van der Waals surface area contributed by atoms with Crippen molar-refractivity contribution in [2.45, 2.75) is 25.8 Å². The summed E-state index contributed by atoms with van der Waals surface area (Å²) in [5.74, 6) is 3.38. The maximum atomic E-state index is 5.34. The Bertz CT molecular complexity index is 670. The Balaban J connectivity index is 1.71. The molecular formula is C18H24N4O2. The SMILES string of the molecule is COc1cc(NC2CCCN(c3ccnc(C)n3)C2)cc(OC)c1. The van der Waals surface area contributed by atoms with E-state index in [0.717, 1.165) is 54.8 Å². The van der Waals surface area contributed by atoms with E-state index in [1.807, 2.05) is 37.4 Å². The van der Waals surface area contributed by atoms with Crippen LogP contribution in [0.4, 0.5) is 11.5 Å². The van der Waals surface area contributed by atoms with E-state index in [2.05, 4.69) is 20.2 Å². The summed E-state index contributed by atoms with van der Waals surface area (Å²) in [6.07, 6.45) is 4.07. The molecule has 0 aliphatic carbocycles. The fraction of sp³-hybridized carbons (Fsp3) is 0.444. The first-order chi connectivity index (χ1) is 11.7. The van der Waals surface area contributed by atoms with Gasteiger partial charge < -0.3 is 19.7 Å². The average Bonchev–Trinajstić information content (AvgIpc) is 2.61. The minimum absolute atomic E-state index is 0.353. The number of hydrogen-bond donors (Lipinski definition) is 1. The van der Waals surface area contributed by atoms with Crippen molar-refractivity contribution < 1.29 is 9.47 Å². The summed E-state index contributed by atoms with van der Waals surface area (Å²) in [6.45, 7) is 3.86. The van der Waals surface area contributed by atoms with Crippen molar-refractivity contribution in [1.82, 2.24) is 9.97 Å². The van der Waals surface area contributed by atoms with Crippen LogP contribution in [0, 0.1) is 6.92 Å². The minimum atomic E-state index is 0.353. The average molecular weight is 328 g/mol. The van der Waals surface area contributed by atoms with Crippen molar-refractivity contribution in [2.24, 2.45) is 0 Å². The number of hydrogen-bond acceptors (Lipinski definition) is 6. The third-order valence-corrected chi connectivity index (χ3v) is 4.23. The van der Waals surface area contributed by atoms with Gasteiger partial charge in [-0.2, -0.15) is 0 Å². The Morgan fingerprint density at radius 2 is 1.92 bits per heavy atom. The zero-order chi connectivity index (χ0) is 16.9. The zero-order valence-electron chi connectivity index (χ0n) is 14.5. The minimum Gasteiger partial charge on any atom is -0.497 e. The molecule has 0 spiro atoms. The number of aryl methyl sites for hydroxylation is 1. The largest absolute Gasteiger partial charge is 0.497 e. The number of methoxy groups -OCH3 is 2. The Morgan fingerprint density at radius 3 is 2.58 bits per heavy atom. The highest BCUT2D eigenvalue weighted by Gasteiger charge is 2.21. The van der Waals surface area contributed by atoms with E-state index in [-0.39, 0.29) is 0 Å². The lowest BCUT2D eigenvalue weighted by molar-refractivity contribution is 0.394. The zero-order valence-corrected chi connectivity index (χ0v) is 14.5. The summed E-state index contributed by atoms with van der Waals surface area (Å²) in [5, 5.41) is 3.60. The van der Waals surface area contributed by atoms with E-state index in [0.29, 0.717) is 6.04 Å². The van der Waals surface area contributed by atoms with Gasteiger partial charge >= 0.3 is 0 Å². The fourth-order valence-corrected chi connectivity index (χ4v) is 3.05. The number of piperidine rings is 1. The van der Waals surface area contributed by atoms with Gasteiger partial charge in [0.25, 0.3) is 0 Å². The molecule has 1 saturated heterocycles. The van der Waals surface area contributed by atoms with E-state index >= 15 is 0 Å². The van der Waals surface area contributed by atoms with Gasteiger partial charge in [0.2, 0.25) is 0 Å². The molecule has 1 N–H and O–H groups in total. The van der Waals surface area contributed by atoms with Crippen LogP contribution in [0.2, 0.25) is 0 Å². The van der Waals surface area contributed by atoms with Crippen LogP contribution in [-0.4, -0.2) is 43.3 Å². The van der Waals surface area contributed by atoms with Gasteiger partial charge in [0, 0.05) is 49.2 Å². The molecule has 128 valence electrons. The third-order valence-electron chi connectivity index (χ3n) is 4.23. The van der Waals surface area contributed by atoms with Crippen LogP contribution in [0.15, 0.2) is 30.5 Å². The Hall–Kier alpha value is -2.50. The number of benzene rings is 1. The Labute approximate surface area is 142 Å². The number of rotatable bonds is 5. The Kier molecular flexibility index (Phi) is 5.03. The van der Waals surface area contributed by atoms with E-state index in [4.69, 9.17) is 9.47 Å². The highest BCUT2D eigenvalue weighted by Crippen LogP contribution is 2.27. The van der Waals surface area contributed by atoms with Crippen molar-refractivity contribution in [1.29, 1.82) is 0 Å². The molecule has 24 heavy (non-hydrogen) atoms. The molecule has 1 aromatic heterocycles. The molecule has 0 amide bonds.